The van der Waals surface area contributed by atoms with Crippen molar-refractivity contribution in [3.63, 3.8) is 0 Å². The molecule has 0 radical (unpaired) electrons. The third-order valence-electron chi connectivity index (χ3n) is 2.94. The van der Waals surface area contributed by atoms with Gasteiger partial charge in [0.1, 0.15) is 0 Å². The van der Waals surface area contributed by atoms with Crippen LogP contribution in [0.5, 0.6) is 0 Å². The fourth-order valence-corrected chi connectivity index (χ4v) is 1.73. The van der Waals surface area contributed by atoms with E-state index in [1.54, 1.807) is 0 Å². The van der Waals surface area contributed by atoms with Crippen molar-refractivity contribution in [1.29, 1.82) is 0 Å². The Kier molecular flexibility index (Phi) is 2.49. The van der Waals surface area contributed by atoms with Crippen LogP contribution in [0.1, 0.15) is 18.9 Å². The zero-order chi connectivity index (χ0) is 10.9. The van der Waals surface area contributed by atoms with Gasteiger partial charge in [0, 0.05) is 0 Å². The molecule has 15 heavy (non-hydrogen) atoms. The van der Waals surface area contributed by atoms with Crippen LogP contribution in [0.4, 0.5) is 0 Å². The van der Waals surface area contributed by atoms with E-state index in [1.165, 1.54) is 0 Å². The van der Waals surface area contributed by atoms with Crippen molar-refractivity contribution in [1.82, 2.24) is 0 Å². The molecular formula is C12H15NO2. The van der Waals surface area contributed by atoms with Gasteiger partial charge >= 0.3 is 0 Å². The highest BCUT2D eigenvalue weighted by Crippen LogP contribution is 2.46. The molecule has 0 spiro atoms. The summed E-state index contributed by atoms with van der Waals surface area (Å²) in [5.41, 5.74) is 6.01. The van der Waals surface area contributed by atoms with E-state index in [9.17, 15) is 4.79 Å². The molecule has 0 unspecified atom stereocenters. The standard InChI is InChI=1S/C12H15NO2/c1-12(7-10(12)11(13)14)15-8-9-5-3-2-4-6-9/h2-6,10H,7-8H2,1H3,(H2,13,14)/t10-,12+/m0/s1. The predicted molar refractivity (Wildman–Crippen MR) is 56.9 cm³/mol. The van der Waals surface area contributed by atoms with Crippen molar-refractivity contribution in [2.45, 2.75) is 25.6 Å². The molecule has 0 aromatic heterocycles. The summed E-state index contributed by atoms with van der Waals surface area (Å²) < 4.78 is 5.70. The normalized spacial score (nSPS) is 28.7. The van der Waals surface area contributed by atoms with Crippen LogP contribution in [0.3, 0.4) is 0 Å². The van der Waals surface area contributed by atoms with E-state index in [0.717, 1.165) is 12.0 Å². The molecule has 0 aliphatic heterocycles. The van der Waals surface area contributed by atoms with E-state index in [4.69, 9.17) is 10.5 Å². The monoisotopic (exact) mass is 205 g/mol. The SMILES string of the molecule is C[C@@]1(OCc2ccccc2)C[C@H]1C(N)=O. The lowest BCUT2D eigenvalue weighted by molar-refractivity contribution is -0.121. The predicted octanol–water partition coefficient (Wildman–Crippen LogP) is 1.47. The largest absolute Gasteiger partial charge is 0.370 e. The Hall–Kier alpha value is -1.35. The highest BCUT2D eigenvalue weighted by atomic mass is 16.5. The molecule has 2 atom stereocenters. The fraction of sp³-hybridized carbons (Fsp3) is 0.417. The Labute approximate surface area is 89.2 Å². The number of hydrogen-bond acceptors (Lipinski definition) is 2. The van der Waals surface area contributed by atoms with Crippen molar-refractivity contribution in [3.8, 4) is 0 Å². The van der Waals surface area contributed by atoms with E-state index in [1.807, 2.05) is 37.3 Å². The third kappa shape index (κ3) is 2.18. The maximum Gasteiger partial charge on any atom is 0.223 e. The molecule has 3 nitrogen and oxygen atoms in total. The van der Waals surface area contributed by atoms with Crippen LogP contribution in [-0.2, 0) is 16.1 Å². The smallest absolute Gasteiger partial charge is 0.223 e. The topological polar surface area (TPSA) is 52.3 Å². The van der Waals surface area contributed by atoms with Crippen molar-refractivity contribution in [3.05, 3.63) is 35.9 Å². The Morgan fingerprint density at radius 3 is 2.73 bits per heavy atom. The highest BCUT2D eigenvalue weighted by molar-refractivity contribution is 5.81. The molecule has 1 saturated carbocycles. The van der Waals surface area contributed by atoms with Gasteiger partial charge in [-0.25, -0.2) is 0 Å². The lowest BCUT2D eigenvalue weighted by Crippen LogP contribution is -2.22. The van der Waals surface area contributed by atoms with Crippen LogP contribution in [0.15, 0.2) is 30.3 Å². The average Bonchev–Trinajstić information content (AvgIpc) is 2.91. The van der Waals surface area contributed by atoms with Gasteiger partial charge < -0.3 is 10.5 Å². The number of carbonyl (C=O) groups is 1. The lowest BCUT2D eigenvalue weighted by atomic mass is 10.2. The van der Waals surface area contributed by atoms with Gasteiger partial charge in [-0.3, -0.25) is 4.79 Å². The van der Waals surface area contributed by atoms with Gasteiger partial charge in [0.05, 0.1) is 18.1 Å². The van der Waals surface area contributed by atoms with Crippen molar-refractivity contribution in [2.75, 3.05) is 0 Å². The number of carbonyl (C=O) groups excluding carboxylic acids is 1. The highest BCUT2D eigenvalue weighted by Gasteiger charge is 2.55. The quantitative estimate of drug-likeness (QED) is 0.809. The second-order valence-electron chi connectivity index (χ2n) is 4.25. The number of nitrogens with two attached hydrogens (primary N) is 1. The van der Waals surface area contributed by atoms with Crippen molar-refractivity contribution >= 4 is 5.91 Å². The van der Waals surface area contributed by atoms with Gasteiger partial charge in [0.2, 0.25) is 5.91 Å². The molecule has 3 heteroatoms. The molecule has 1 amide bonds. The number of amides is 1. The number of primary amides is 1. The molecule has 1 aliphatic rings. The first-order valence-corrected chi connectivity index (χ1v) is 5.09. The zero-order valence-electron chi connectivity index (χ0n) is 8.77. The summed E-state index contributed by atoms with van der Waals surface area (Å²) >= 11 is 0. The first-order valence-electron chi connectivity index (χ1n) is 5.09. The third-order valence-corrected chi connectivity index (χ3v) is 2.94. The molecule has 1 aromatic rings. The van der Waals surface area contributed by atoms with E-state index in [0.29, 0.717) is 6.61 Å². The molecule has 2 rings (SSSR count). The summed E-state index contributed by atoms with van der Waals surface area (Å²) in [6, 6.07) is 9.92. The van der Waals surface area contributed by atoms with Crippen molar-refractivity contribution < 1.29 is 9.53 Å². The Balaban J connectivity index is 1.88. The maximum absolute atomic E-state index is 10.9. The summed E-state index contributed by atoms with van der Waals surface area (Å²) in [5, 5.41) is 0. The van der Waals surface area contributed by atoms with E-state index in [-0.39, 0.29) is 17.4 Å². The summed E-state index contributed by atoms with van der Waals surface area (Å²) in [6.07, 6.45) is 0.745. The summed E-state index contributed by atoms with van der Waals surface area (Å²) in [7, 11) is 0. The second-order valence-corrected chi connectivity index (χ2v) is 4.25. The van der Waals surface area contributed by atoms with Gasteiger partial charge in [-0.2, -0.15) is 0 Å². The minimum Gasteiger partial charge on any atom is -0.370 e. The molecule has 1 aliphatic carbocycles. The Bertz CT molecular complexity index is 363. The molecule has 1 fully saturated rings. The molecular weight excluding hydrogens is 190 g/mol. The van der Waals surface area contributed by atoms with Crippen LogP contribution in [0, 0.1) is 5.92 Å². The molecule has 80 valence electrons. The van der Waals surface area contributed by atoms with Gasteiger partial charge in [0.15, 0.2) is 0 Å². The van der Waals surface area contributed by atoms with Crippen LogP contribution in [-0.4, -0.2) is 11.5 Å². The van der Waals surface area contributed by atoms with E-state index < -0.39 is 0 Å². The van der Waals surface area contributed by atoms with Crippen LogP contribution < -0.4 is 5.73 Å². The first kappa shape index (κ1) is 10.2. The molecule has 0 bridgehead atoms. The molecule has 2 N–H and O–H groups in total. The number of hydrogen-bond donors (Lipinski definition) is 1. The zero-order valence-corrected chi connectivity index (χ0v) is 8.77. The molecule has 1 aromatic carbocycles. The van der Waals surface area contributed by atoms with Crippen molar-refractivity contribution in [2.24, 2.45) is 11.7 Å². The summed E-state index contributed by atoms with van der Waals surface area (Å²) in [4.78, 5) is 10.9. The number of ether oxygens (including phenoxy) is 1. The molecule has 0 saturated heterocycles. The van der Waals surface area contributed by atoms with Crippen LogP contribution >= 0.6 is 0 Å². The molecule has 0 heterocycles. The fourth-order valence-electron chi connectivity index (χ4n) is 1.73. The Morgan fingerprint density at radius 2 is 2.20 bits per heavy atom. The van der Waals surface area contributed by atoms with Gasteiger partial charge in [-0.15, -0.1) is 0 Å². The summed E-state index contributed by atoms with van der Waals surface area (Å²) in [5.74, 6) is -0.369. The number of rotatable bonds is 4. The minimum atomic E-state index is -0.332. The van der Waals surface area contributed by atoms with Crippen LogP contribution in [0.25, 0.3) is 0 Å². The van der Waals surface area contributed by atoms with Gasteiger partial charge in [-0.05, 0) is 18.9 Å². The van der Waals surface area contributed by atoms with E-state index >= 15 is 0 Å². The number of benzene rings is 1. The lowest BCUT2D eigenvalue weighted by Gasteiger charge is -2.11. The second kappa shape index (κ2) is 3.66. The Morgan fingerprint density at radius 1 is 1.53 bits per heavy atom. The van der Waals surface area contributed by atoms with Gasteiger partial charge in [0.25, 0.3) is 0 Å². The first-order chi connectivity index (χ1) is 7.12. The van der Waals surface area contributed by atoms with Gasteiger partial charge in [-0.1, -0.05) is 30.3 Å². The minimum absolute atomic E-state index is 0.110. The summed E-state index contributed by atoms with van der Waals surface area (Å²) in [6.45, 7) is 2.48. The van der Waals surface area contributed by atoms with E-state index in [2.05, 4.69) is 0 Å². The maximum atomic E-state index is 10.9. The van der Waals surface area contributed by atoms with Crippen LogP contribution in [0.2, 0.25) is 0 Å². The average molecular weight is 205 g/mol.